The van der Waals surface area contributed by atoms with Crippen LogP contribution in [0, 0.1) is 5.41 Å². The number of carbonyl (C=O) groups excluding carboxylic acids is 3. The summed E-state index contributed by atoms with van der Waals surface area (Å²) in [5.74, 6) is -0.372. The lowest BCUT2D eigenvalue weighted by Gasteiger charge is -2.49. The smallest absolute Gasteiger partial charge is 0.316 e. The molecule has 0 aliphatic carbocycles. The molecule has 1 amide bonds. The molecule has 0 spiro atoms. The van der Waals surface area contributed by atoms with E-state index in [1.807, 2.05) is 20.8 Å². The maximum Gasteiger partial charge on any atom is 0.316 e. The number of hydrogen-bond acceptors (Lipinski definition) is 9. The molecule has 0 aromatic carbocycles. The van der Waals surface area contributed by atoms with E-state index in [9.17, 15) is 14.4 Å². The van der Waals surface area contributed by atoms with Crippen LogP contribution in [0.3, 0.4) is 0 Å². The van der Waals surface area contributed by atoms with Crippen molar-refractivity contribution in [3.05, 3.63) is 5.51 Å². The molecule has 2 aliphatic rings. The number of Topliss-reactive ketones (excluding diaryl/α,β-unsaturated/α-hetero) is 1. The van der Waals surface area contributed by atoms with E-state index in [-0.39, 0.29) is 18.3 Å². The van der Waals surface area contributed by atoms with Crippen LogP contribution in [0.1, 0.15) is 20.8 Å². The molecule has 24 heavy (non-hydrogen) atoms. The number of ether oxygens (including phenoxy) is 1. The Balaban J connectivity index is 1.79. The SMILES string of the molecule is CC(C)(C)OC(=O)C1(CSc2nncs2)CS[C@@H]2C(=O)C(=O)N2C1. The standard InChI is InChI=1S/C14H17N3O4S3/c1-13(2,3)21-11(20)14(6-23-12-16-15-7-24-12)4-17-9(19)8(18)10(17)22-5-14/h7,10H,4-6H2,1-3H3/t10-,14?/m1/s1. The Labute approximate surface area is 151 Å². The van der Waals surface area contributed by atoms with Gasteiger partial charge in [-0.2, -0.15) is 0 Å². The van der Waals surface area contributed by atoms with Crippen molar-refractivity contribution in [1.29, 1.82) is 0 Å². The van der Waals surface area contributed by atoms with Crippen LogP contribution in [0.4, 0.5) is 0 Å². The molecule has 10 heteroatoms. The largest absolute Gasteiger partial charge is 0.459 e. The van der Waals surface area contributed by atoms with Gasteiger partial charge >= 0.3 is 5.97 Å². The first-order valence-corrected chi connectivity index (χ1v) is 10.2. The zero-order valence-electron chi connectivity index (χ0n) is 13.5. The van der Waals surface area contributed by atoms with E-state index >= 15 is 0 Å². The van der Waals surface area contributed by atoms with Crippen LogP contribution in [-0.4, -0.2) is 61.8 Å². The zero-order chi connectivity index (χ0) is 17.5. The summed E-state index contributed by atoms with van der Waals surface area (Å²) in [6, 6.07) is 0. The summed E-state index contributed by atoms with van der Waals surface area (Å²) in [6.45, 7) is 5.64. The average molecular weight is 388 g/mol. The lowest BCUT2D eigenvalue weighted by Crippen LogP contribution is -2.68. The van der Waals surface area contributed by atoms with Gasteiger partial charge in [0.05, 0.1) is 0 Å². The summed E-state index contributed by atoms with van der Waals surface area (Å²) >= 11 is 4.15. The van der Waals surface area contributed by atoms with E-state index < -0.39 is 22.3 Å². The Kier molecular flexibility index (Phi) is 4.65. The van der Waals surface area contributed by atoms with Gasteiger partial charge in [-0.15, -0.1) is 22.0 Å². The summed E-state index contributed by atoms with van der Waals surface area (Å²) in [7, 11) is 0. The van der Waals surface area contributed by atoms with E-state index in [1.165, 1.54) is 39.8 Å². The highest BCUT2D eigenvalue weighted by Crippen LogP contribution is 2.44. The molecule has 0 N–H and O–H groups in total. The fourth-order valence-electron chi connectivity index (χ4n) is 2.44. The van der Waals surface area contributed by atoms with E-state index in [0.717, 1.165) is 4.34 Å². The molecule has 2 aliphatic heterocycles. The summed E-state index contributed by atoms with van der Waals surface area (Å²) in [6.07, 6.45) is 0. The normalized spacial score (nSPS) is 26.8. The van der Waals surface area contributed by atoms with Gasteiger partial charge in [0.1, 0.15) is 21.9 Å². The first-order chi connectivity index (χ1) is 11.2. The van der Waals surface area contributed by atoms with Crippen molar-refractivity contribution in [2.24, 2.45) is 5.41 Å². The number of nitrogens with zero attached hydrogens (tertiary/aromatic N) is 3. The molecule has 0 radical (unpaired) electrons. The second-order valence-corrected chi connectivity index (χ2v) is 9.86. The molecule has 0 bridgehead atoms. The highest BCUT2D eigenvalue weighted by molar-refractivity contribution is 8.02. The molecule has 2 saturated heterocycles. The van der Waals surface area contributed by atoms with Gasteiger partial charge in [0.2, 0.25) is 0 Å². The predicted molar refractivity (Wildman–Crippen MR) is 91.9 cm³/mol. The predicted octanol–water partition coefficient (Wildman–Crippen LogP) is 1.44. The Morgan fingerprint density at radius 2 is 2.25 bits per heavy atom. The number of hydrogen-bond donors (Lipinski definition) is 0. The molecular formula is C14H17N3O4S3. The Hall–Kier alpha value is -1.13. The van der Waals surface area contributed by atoms with Gasteiger partial charge in [-0.3, -0.25) is 14.4 Å². The minimum absolute atomic E-state index is 0.204. The average Bonchev–Trinajstić information content (AvgIpc) is 3.03. The lowest BCUT2D eigenvalue weighted by molar-refractivity contribution is -0.171. The molecule has 7 nitrogen and oxygen atoms in total. The molecule has 3 rings (SSSR count). The van der Waals surface area contributed by atoms with Crippen molar-refractivity contribution in [2.75, 3.05) is 18.1 Å². The molecule has 1 unspecified atom stereocenters. The number of thioether (sulfide) groups is 2. The fraction of sp³-hybridized carbons (Fsp3) is 0.643. The van der Waals surface area contributed by atoms with Crippen molar-refractivity contribution in [3.63, 3.8) is 0 Å². The first-order valence-electron chi connectivity index (χ1n) is 7.31. The first kappa shape index (κ1) is 17.7. The molecule has 2 atom stereocenters. The van der Waals surface area contributed by atoms with E-state index in [0.29, 0.717) is 11.5 Å². The minimum atomic E-state index is -0.860. The number of amides is 1. The van der Waals surface area contributed by atoms with Crippen LogP contribution in [0.5, 0.6) is 0 Å². The van der Waals surface area contributed by atoms with Gasteiger partial charge in [0.15, 0.2) is 4.34 Å². The number of rotatable bonds is 4. The van der Waals surface area contributed by atoms with Gasteiger partial charge in [0, 0.05) is 18.1 Å². The molecule has 3 heterocycles. The van der Waals surface area contributed by atoms with Crippen LogP contribution in [0.25, 0.3) is 0 Å². The van der Waals surface area contributed by atoms with E-state index in [2.05, 4.69) is 10.2 Å². The number of esters is 1. The highest BCUT2D eigenvalue weighted by atomic mass is 32.2. The van der Waals surface area contributed by atoms with Crippen LogP contribution in [0.15, 0.2) is 9.85 Å². The molecule has 1 aromatic heterocycles. The Morgan fingerprint density at radius 1 is 1.50 bits per heavy atom. The topological polar surface area (TPSA) is 89.5 Å². The third-order valence-electron chi connectivity index (χ3n) is 3.61. The molecule has 0 saturated carbocycles. The van der Waals surface area contributed by atoms with Crippen LogP contribution >= 0.6 is 34.9 Å². The number of carbonyl (C=O) groups is 3. The number of aromatic nitrogens is 2. The second kappa shape index (κ2) is 6.30. The quantitative estimate of drug-likeness (QED) is 0.332. The van der Waals surface area contributed by atoms with Gasteiger partial charge in [-0.05, 0) is 20.8 Å². The Morgan fingerprint density at radius 3 is 2.88 bits per heavy atom. The van der Waals surface area contributed by atoms with Crippen molar-refractivity contribution >= 4 is 52.5 Å². The summed E-state index contributed by atoms with van der Waals surface area (Å²) in [5, 5.41) is 7.32. The van der Waals surface area contributed by atoms with Crippen molar-refractivity contribution in [2.45, 2.75) is 36.1 Å². The van der Waals surface area contributed by atoms with E-state index in [4.69, 9.17) is 4.74 Å². The second-order valence-electron chi connectivity index (χ2n) is 6.74. The third-order valence-corrected chi connectivity index (χ3v) is 7.27. The number of ketones is 1. The fourth-order valence-corrected chi connectivity index (χ4v) is 5.63. The molecule has 130 valence electrons. The zero-order valence-corrected chi connectivity index (χ0v) is 15.9. The van der Waals surface area contributed by atoms with E-state index in [1.54, 1.807) is 5.51 Å². The van der Waals surface area contributed by atoms with Gasteiger partial charge in [-0.25, -0.2) is 0 Å². The maximum atomic E-state index is 12.9. The summed E-state index contributed by atoms with van der Waals surface area (Å²) in [4.78, 5) is 37.7. The summed E-state index contributed by atoms with van der Waals surface area (Å²) in [5.41, 5.74) is 0.153. The monoisotopic (exact) mass is 387 g/mol. The Bertz CT molecular complexity index is 673. The van der Waals surface area contributed by atoms with Crippen molar-refractivity contribution in [3.8, 4) is 0 Å². The third kappa shape index (κ3) is 3.31. The minimum Gasteiger partial charge on any atom is -0.459 e. The van der Waals surface area contributed by atoms with Crippen LogP contribution in [0.2, 0.25) is 0 Å². The van der Waals surface area contributed by atoms with Gasteiger partial charge < -0.3 is 9.64 Å². The van der Waals surface area contributed by atoms with Gasteiger partial charge in [0.25, 0.3) is 11.7 Å². The molecule has 2 fully saturated rings. The lowest BCUT2D eigenvalue weighted by atomic mass is 9.89. The number of β-lactam (4-membered cyclic amide) rings is 1. The van der Waals surface area contributed by atoms with Crippen LogP contribution < -0.4 is 0 Å². The maximum absolute atomic E-state index is 12.9. The highest BCUT2D eigenvalue weighted by Gasteiger charge is 2.57. The van der Waals surface area contributed by atoms with Crippen LogP contribution in [-0.2, 0) is 19.1 Å². The molecule has 1 aromatic rings. The van der Waals surface area contributed by atoms with Gasteiger partial charge in [-0.1, -0.05) is 23.1 Å². The van der Waals surface area contributed by atoms with Crippen molar-refractivity contribution in [1.82, 2.24) is 15.1 Å². The molecular weight excluding hydrogens is 370 g/mol. The van der Waals surface area contributed by atoms with Crippen molar-refractivity contribution < 1.29 is 19.1 Å². The summed E-state index contributed by atoms with van der Waals surface area (Å²) < 4.78 is 6.36. The number of fused-ring (bicyclic) bond motifs is 1.